The lowest BCUT2D eigenvalue weighted by Gasteiger charge is -2.32. The molecule has 4 aromatic rings. The zero-order valence-corrected chi connectivity index (χ0v) is 22.4. The number of fused-ring (bicyclic) bond motifs is 1. The van der Waals surface area contributed by atoms with E-state index in [4.69, 9.17) is 15.6 Å². The second-order valence-corrected chi connectivity index (χ2v) is 10.2. The van der Waals surface area contributed by atoms with Gasteiger partial charge in [-0.25, -0.2) is 9.97 Å². The molecule has 0 bridgehead atoms. The number of benzene rings is 2. The lowest BCUT2D eigenvalue weighted by molar-refractivity contribution is -0.131. The van der Waals surface area contributed by atoms with Crippen LogP contribution >= 0.6 is 0 Å². The molecule has 2 aromatic carbocycles. The molecular weight excluding hydrogens is 506 g/mol. The summed E-state index contributed by atoms with van der Waals surface area (Å²) in [5, 5.41) is 12.0. The van der Waals surface area contributed by atoms with Crippen LogP contribution in [0.5, 0.6) is 0 Å². The van der Waals surface area contributed by atoms with E-state index in [1.54, 1.807) is 18.3 Å². The molecule has 1 saturated carbocycles. The Hall–Kier alpha value is -4.08. The van der Waals surface area contributed by atoms with Gasteiger partial charge in [-0.3, -0.25) is 9.59 Å². The van der Waals surface area contributed by atoms with Gasteiger partial charge in [-0.05, 0) is 47.6 Å². The highest BCUT2D eigenvalue weighted by atomic mass is 16.5. The number of ether oxygens (including phenoxy) is 1. The van der Waals surface area contributed by atoms with Crippen LogP contribution < -0.4 is 11.1 Å². The predicted molar refractivity (Wildman–Crippen MR) is 151 cm³/mol. The Morgan fingerprint density at radius 1 is 1.05 bits per heavy atom. The van der Waals surface area contributed by atoms with Crippen LogP contribution in [0.1, 0.15) is 60.2 Å². The molecule has 4 N–H and O–H groups in total. The van der Waals surface area contributed by atoms with Crippen LogP contribution in [0.2, 0.25) is 0 Å². The minimum Gasteiger partial charge on any atom is -0.394 e. The zero-order valence-electron chi connectivity index (χ0n) is 22.4. The van der Waals surface area contributed by atoms with Crippen molar-refractivity contribution in [2.75, 3.05) is 13.2 Å². The molecule has 2 heterocycles. The number of nitrogens with zero attached hydrogens (tertiary/aromatic N) is 3. The molecule has 0 unspecified atom stereocenters. The summed E-state index contributed by atoms with van der Waals surface area (Å²) in [6, 6.07) is 20.4. The van der Waals surface area contributed by atoms with Crippen LogP contribution in [-0.4, -0.2) is 44.7 Å². The maximum Gasteiger partial charge on any atom is 0.244 e. The number of amides is 2. The number of carbonyl (C=O) groups excluding carboxylic acids is 2. The second-order valence-electron chi connectivity index (χ2n) is 10.2. The maximum atomic E-state index is 13.5. The summed E-state index contributed by atoms with van der Waals surface area (Å²) in [6.45, 7) is 1.04. The Labute approximate surface area is 233 Å². The summed E-state index contributed by atoms with van der Waals surface area (Å²) in [5.41, 5.74) is 10.1. The monoisotopic (exact) mass is 541 g/mol. The van der Waals surface area contributed by atoms with E-state index in [2.05, 4.69) is 39.6 Å². The van der Waals surface area contributed by atoms with Gasteiger partial charge in [-0.1, -0.05) is 67.4 Å². The second kappa shape index (κ2) is 12.8. The first-order chi connectivity index (χ1) is 19.5. The molecule has 208 valence electrons. The average molecular weight is 542 g/mol. The molecule has 0 saturated heterocycles. The number of aromatic nitrogens is 3. The molecule has 3 atom stereocenters. The Morgan fingerprint density at radius 3 is 2.58 bits per heavy atom. The molecule has 1 aliphatic carbocycles. The zero-order chi connectivity index (χ0) is 27.9. The molecule has 9 nitrogen and oxygen atoms in total. The molecule has 40 heavy (non-hydrogen) atoms. The number of aliphatic hydroxyl groups excluding tert-OH is 1. The van der Waals surface area contributed by atoms with Crippen molar-refractivity contribution in [2.24, 2.45) is 11.7 Å². The van der Waals surface area contributed by atoms with Gasteiger partial charge in [-0.2, -0.15) is 0 Å². The number of hydrogen-bond acceptors (Lipinski definition) is 6. The van der Waals surface area contributed by atoms with Crippen molar-refractivity contribution < 1.29 is 19.4 Å². The van der Waals surface area contributed by atoms with Gasteiger partial charge in [0.15, 0.2) is 5.65 Å². The summed E-state index contributed by atoms with van der Waals surface area (Å²) >= 11 is 0. The fourth-order valence-electron chi connectivity index (χ4n) is 5.62. The molecule has 0 aliphatic heterocycles. The lowest BCUT2D eigenvalue weighted by Crippen LogP contribution is -2.42. The Balaban J connectivity index is 1.33. The van der Waals surface area contributed by atoms with E-state index in [1.807, 2.05) is 34.9 Å². The van der Waals surface area contributed by atoms with E-state index in [0.717, 1.165) is 53.8 Å². The molecule has 2 aromatic heterocycles. The van der Waals surface area contributed by atoms with Gasteiger partial charge in [0.25, 0.3) is 0 Å². The summed E-state index contributed by atoms with van der Waals surface area (Å²) < 4.78 is 7.59. The third-order valence-electron chi connectivity index (χ3n) is 7.60. The van der Waals surface area contributed by atoms with Gasteiger partial charge >= 0.3 is 0 Å². The highest BCUT2D eigenvalue weighted by molar-refractivity contribution is 5.89. The van der Waals surface area contributed by atoms with Crippen LogP contribution in [-0.2, 0) is 27.5 Å². The smallest absolute Gasteiger partial charge is 0.244 e. The normalized spacial score (nSPS) is 17.9. The SMILES string of the molecule is NC(=O)[C@@H](NC(=O)[C@@H]1CCCC[C@H]1c1ccc(Cn2c(COCCO)nc3cccnc32)cc1)c1ccccc1. The number of rotatable bonds is 11. The van der Waals surface area contributed by atoms with Crippen molar-refractivity contribution in [3.05, 3.63) is 95.4 Å². The molecule has 5 rings (SSSR count). The Bertz CT molecular complexity index is 1440. The first kappa shape index (κ1) is 27.5. The number of imidazole rings is 1. The standard InChI is InChI=1S/C31H35N5O4/c32-29(38)28(23-7-2-1-3-8-23)35-31(39)25-10-5-4-9-24(25)22-14-12-21(13-15-22)19-36-27(20-40-18-17-37)34-26-11-6-16-33-30(26)36/h1-3,6-8,11-16,24-25,28,37H,4-5,9-10,17-20H2,(H2,32,38)(H,35,39)/t24-,25+,28-/m0/s1. The van der Waals surface area contributed by atoms with Gasteiger partial charge in [0.05, 0.1) is 19.8 Å². The van der Waals surface area contributed by atoms with Crippen molar-refractivity contribution in [2.45, 2.75) is 50.8 Å². The fourth-order valence-corrected chi connectivity index (χ4v) is 5.62. The highest BCUT2D eigenvalue weighted by Gasteiger charge is 2.34. The van der Waals surface area contributed by atoms with E-state index in [1.165, 1.54) is 0 Å². The molecule has 0 spiro atoms. The topological polar surface area (TPSA) is 132 Å². The van der Waals surface area contributed by atoms with Crippen molar-refractivity contribution in [1.82, 2.24) is 19.9 Å². The third-order valence-corrected chi connectivity index (χ3v) is 7.60. The van der Waals surface area contributed by atoms with Crippen molar-refractivity contribution in [1.29, 1.82) is 0 Å². The molecule has 1 fully saturated rings. The van der Waals surface area contributed by atoms with Crippen molar-refractivity contribution in [3.63, 3.8) is 0 Å². The number of nitrogens with one attached hydrogen (secondary N) is 1. The lowest BCUT2D eigenvalue weighted by atomic mass is 9.74. The predicted octanol–water partition coefficient (Wildman–Crippen LogP) is 3.61. The van der Waals surface area contributed by atoms with E-state index >= 15 is 0 Å². The highest BCUT2D eigenvalue weighted by Crippen LogP contribution is 2.38. The number of hydrogen-bond donors (Lipinski definition) is 3. The van der Waals surface area contributed by atoms with Gasteiger partial charge in [0, 0.05) is 12.1 Å². The number of carbonyl (C=O) groups is 2. The van der Waals surface area contributed by atoms with Crippen LogP contribution in [0.25, 0.3) is 11.2 Å². The molecule has 2 amide bonds. The minimum atomic E-state index is -0.854. The fraction of sp³-hybridized carbons (Fsp3) is 0.355. The van der Waals surface area contributed by atoms with Crippen molar-refractivity contribution in [3.8, 4) is 0 Å². The summed E-state index contributed by atoms with van der Waals surface area (Å²) in [7, 11) is 0. The average Bonchev–Trinajstić information content (AvgIpc) is 3.33. The van der Waals surface area contributed by atoms with E-state index < -0.39 is 11.9 Å². The Morgan fingerprint density at radius 2 is 1.82 bits per heavy atom. The summed E-state index contributed by atoms with van der Waals surface area (Å²) in [5.74, 6) is -0.131. The van der Waals surface area contributed by atoms with E-state index in [-0.39, 0.29) is 37.6 Å². The quantitative estimate of drug-likeness (QED) is 0.249. The van der Waals surface area contributed by atoms with Crippen LogP contribution in [0.3, 0.4) is 0 Å². The van der Waals surface area contributed by atoms with Crippen LogP contribution in [0.15, 0.2) is 72.9 Å². The number of primary amides is 1. The Kier molecular flexibility index (Phi) is 8.83. The van der Waals surface area contributed by atoms with Gasteiger partial charge in [0.1, 0.15) is 24.0 Å². The van der Waals surface area contributed by atoms with Crippen LogP contribution in [0, 0.1) is 5.92 Å². The first-order valence-electron chi connectivity index (χ1n) is 13.8. The molecule has 1 aliphatic rings. The van der Waals surface area contributed by atoms with Crippen molar-refractivity contribution >= 4 is 23.0 Å². The van der Waals surface area contributed by atoms with Gasteiger partial charge in [-0.15, -0.1) is 0 Å². The number of nitrogens with two attached hydrogens (primary N) is 1. The molecule has 0 radical (unpaired) electrons. The molecular formula is C31H35N5O4. The first-order valence-corrected chi connectivity index (χ1v) is 13.8. The largest absolute Gasteiger partial charge is 0.394 e. The van der Waals surface area contributed by atoms with Gasteiger partial charge < -0.3 is 25.5 Å². The number of aliphatic hydroxyl groups is 1. The molecule has 9 heteroatoms. The van der Waals surface area contributed by atoms with E-state index in [9.17, 15) is 9.59 Å². The van der Waals surface area contributed by atoms with E-state index in [0.29, 0.717) is 12.1 Å². The summed E-state index contributed by atoms with van der Waals surface area (Å²) in [6.07, 6.45) is 5.45. The van der Waals surface area contributed by atoms with Gasteiger partial charge in [0.2, 0.25) is 11.8 Å². The maximum absolute atomic E-state index is 13.5. The third kappa shape index (κ3) is 6.21. The summed E-state index contributed by atoms with van der Waals surface area (Å²) in [4.78, 5) is 34.8. The minimum absolute atomic E-state index is 0.0461. The van der Waals surface area contributed by atoms with Crippen LogP contribution in [0.4, 0.5) is 0 Å². The number of pyridine rings is 1.